The number of thiazole rings is 1. The molecule has 0 bridgehead atoms. The van der Waals surface area contributed by atoms with Gasteiger partial charge in [-0.2, -0.15) is 11.3 Å². The van der Waals surface area contributed by atoms with Crippen molar-refractivity contribution in [1.29, 1.82) is 0 Å². The molecule has 1 amide bonds. The number of aromatic nitrogens is 1. The van der Waals surface area contributed by atoms with Crippen molar-refractivity contribution >= 4 is 28.6 Å². The molecule has 3 rings (SSSR count). The lowest BCUT2D eigenvalue weighted by Crippen LogP contribution is -2.32. The van der Waals surface area contributed by atoms with E-state index in [4.69, 9.17) is 4.74 Å². The summed E-state index contributed by atoms with van der Waals surface area (Å²) in [5.41, 5.74) is 2.24. The molecule has 1 aliphatic heterocycles. The fraction of sp³-hybridized carbons (Fsp3) is 0.500. The molecule has 2 aromatic heterocycles. The van der Waals surface area contributed by atoms with Crippen LogP contribution in [0.5, 0.6) is 0 Å². The van der Waals surface area contributed by atoms with Crippen molar-refractivity contribution in [2.45, 2.75) is 44.8 Å². The van der Waals surface area contributed by atoms with E-state index in [1.54, 1.807) is 22.7 Å². The first-order chi connectivity index (χ1) is 10.7. The van der Waals surface area contributed by atoms with Gasteiger partial charge in [0.1, 0.15) is 5.01 Å². The standard InChI is InChI=1S/C16H20N2O2S2/c1-11-9-22-16(17-11)14(7-12-4-6-21-10-12)18-15(19)8-13-3-2-5-20-13/h4,6,9-10,13-14H,2-3,5,7-8H2,1H3,(H,18,19)/t13-,14+/m1/s1. The number of nitrogens with one attached hydrogen (secondary N) is 1. The number of carbonyl (C=O) groups is 1. The zero-order chi connectivity index (χ0) is 15.4. The first-order valence-electron chi connectivity index (χ1n) is 7.55. The Labute approximate surface area is 138 Å². The van der Waals surface area contributed by atoms with E-state index in [1.807, 2.05) is 12.3 Å². The Kier molecular flexibility index (Phi) is 5.23. The van der Waals surface area contributed by atoms with Gasteiger partial charge in [0.15, 0.2) is 0 Å². The first-order valence-corrected chi connectivity index (χ1v) is 9.37. The minimum Gasteiger partial charge on any atom is -0.378 e. The minimum absolute atomic E-state index is 0.0535. The Hall–Kier alpha value is -1.24. The molecule has 4 nitrogen and oxygen atoms in total. The molecule has 0 unspecified atom stereocenters. The van der Waals surface area contributed by atoms with E-state index in [9.17, 15) is 4.79 Å². The lowest BCUT2D eigenvalue weighted by Gasteiger charge is -2.17. The maximum atomic E-state index is 12.3. The van der Waals surface area contributed by atoms with Crippen LogP contribution < -0.4 is 5.32 Å². The van der Waals surface area contributed by atoms with Crippen LogP contribution in [0.25, 0.3) is 0 Å². The topological polar surface area (TPSA) is 51.2 Å². The predicted molar refractivity (Wildman–Crippen MR) is 89.3 cm³/mol. The molecular formula is C16H20N2O2S2. The highest BCUT2D eigenvalue weighted by atomic mass is 32.1. The third-order valence-electron chi connectivity index (χ3n) is 3.73. The molecular weight excluding hydrogens is 316 g/mol. The molecule has 0 radical (unpaired) electrons. The van der Waals surface area contributed by atoms with Crippen LogP contribution in [0.2, 0.25) is 0 Å². The molecule has 0 spiro atoms. The van der Waals surface area contributed by atoms with Crippen molar-refractivity contribution in [1.82, 2.24) is 10.3 Å². The summed E-state index contributed by atoms with van der Waals surface area (Å²) in [5.74, 6) is 0.0555. The van der Waals surface area contributed by atoms with Gasteiger partial charge < -0.3 is 10.1 Å². The van der Waals surface area contributed by atoms with Crippen LogP contribution in [0.4, 0.5) is 0 Å². The van der Waals surface area contributed by atoms with Crippen LogP contribution >= 0.6 is 22.7 Å². The lowest BCUT2D eigenvalue weighted by atomic mass is 10.1. The van der Waals surface area contributed by atoms with Crippen molar-refractivity contribution in [2.24, 2.45) is 0 Å². The van der Waals surface area contributed by atoms with Gasteiger partial charge in [0.25, 0.3) is 0 Å². The quantitative estimate of drug-likeness (QED) is 0.878. The van der Waals surface area contributed by atoms with Gasteiger partial charge in [-0.05, 0) is 42.2 Å². The molecule has 1 N–H and O–H groups in total. The van der Waals surface area contributed by atoms with Gasteiger partial charge in [0, 0.05) is 24.1 Å². The van der Waals surface area contributed by atoms with Gasteiger partial charge in [-0.25, -0.2) is 4.98 Å². The van der Waals surface area contributed by atoms with Crippen LogP contribution in [-0.2, 0) is 16.0 Å². The van der Waals surface area contributed by atoms with Gasteiger partial charge in [-0.3, -0.25) is 4.79 Å². The lowest BCUT2D eigenvalue weighted by molar-refractivity contribution is -0.124. The number of ether oxygens (including phenoxy) is 1. The van der Waals surface area contributed by atoms with Gasteiger partial charge in [-0.15, -0.1) is 11.3 Å². The third-order valence-corrected chi connectivity index (χ3v) is 5.54. The molecule has 1 saturated heterocycles. The number of nitrogens with zero attached hydrogens (tertiary/aromatic N) is 1. The summed E-state index contributed by atoms with van der Waals surface area (Å²) in [7, 11) is 0. The van der Waals surface area contributed by atoms with E-state index in [0.29, 0.717) is 6.42 Å². The van der Waals surface area contributed by atoms with Crippen LogP contribution in [0, 0.1) is 6.92 Å². The van der Waals surface area contributed by atoms with Crippen molar-refractivity contribution < 1.29 is 9.53 Å². The summed E-state index contributed by atoms with van der Waals surface area (Å²) in [6, 6.07) is 2.05. The first kappa shape index (κ1) is 15.6. The second kappa shape index (κ2) is 7.35. The fourth-order valence-electron chi connectivity index (χ4n) is 2.64. The summed E-state index contributed by atoms with van der Waals surface area (Å²) in [6.45, 7) is 2.76. The number of thiophene rings is 1. The average Bonchev–Trinajstić information content (AvgIpc) is 3.20. The number of rotatable bonds is 6. The monoisotopic (exact) mass is 336 g/mol. The zero-order valence-electron chi connectivity index (χ0n) is 12.6. The van der Waals surface area contributed by atoms with Crippen LogP contribution in [0.3, 0.4) is 0 Å². The summed E-state index contributed by atoms with van der Waals surface area (Å²) < 4.78 is 5.55. The van der Waals surface area contributed by atoms with Crippen LogP contribution in [-0.4, -0.2) is 23.6 Å². The molecule has 1 fully saturated rings. The summed E-state index contributed by atoms with van der Waals surface area (Å²) in [4.78, 5) is 16.9. The van der Waals surface area contributed by atoms with Crippen molar-refractivity contribution in [3.63, 3.8) is 0 Å². The molecule has 118 valence electrons. The number of carbonyl (C=O) groups excluding carboxylic acids is 1. The van der Waals surface area contributed by atoms with Gasteiger partial charge in [0.2, 0.25) is 5.91 Å². The molecule has 3 heterocycles. The summed E-state index contributed by atoms with van der Waals surface area (Å²) >= 11 is 3.29. The van der Waals surface area contributed by atoms with Crippen LogP contribution in [0.15, 0.2) is 22.2 Å². The third kappa shape index (κ3) is 4.15. The Morgan fingerprint density at radius 2 is 2.45 bits per heavy atom. The maximum absolute atomic E-state index is 12.3. The van der Waals surface area contributed by atoms with E-state index in [-0.39, 0.29) is 18.1 Å². The molecule has 2 aromatic rings. The number of hydrogen-bond acceptors (Lipinski definition) is 5. The molecule has 0 aliphatic carbocycles. The number of amides is 1. The van der Waals surface area contributed by atoms with E-state index in [1.165, 1.54) is 5.56 Å². The van der Waals surface area contributed by atoms with E-state index in [2.05, 4.69) is 27.1 Å². The van der Waals surface area contributed by atoms with Gasteiger partial charge in [-0.1, -0.05) is 0 Å². The van der Waals surface area contributed by atoms with Crippen molar-refractivity contribution in [3.05, 3.63) is 38.5 Å². The second-order valence-electron chi connectivity index (χ2n) is 5.62. The largest absolute Gasteiger partial charge is 0.378 e. The molecule has 0 saturated carbocycles. The number of aryl methyl sites for hydroxylation is 1. The zero-order valence-corrected chi connectivity index (χ0v) is 14.2. The molecule has 6 heteroatoms. The smallest absolute Gasteiger partial charge is 0.223 e. The second-order valence-corrected chi connectivity index (χ2v) is 7.29. The SMILES string of the molecule is Cc1csc([C@H](Cc2ccsc2)NC(=O)C[C@H]2CCCO2)n1. The highest BCUT2D eigenvalue weighted by Crippen LogP contribution is 2.24. The van der Waals surface area contributed by atoms with Crippen molar-refractivity contribution in [3.8, 4) is 0 Å². The number of hydrogen-bond donors (Lipinski definition) is 1. The fourth-order valence-corrected chi connectivity index (χ4v) is 4.17. The predicted octanol–water partition coefficient (Wildman–Crippen LogP) is 3.48. The van der Waals surface area contributed by atoms with E-state index in [0.717, 1.165) is 36.6 Å². The Bertz CT molecular complexity index is 603. The Morgan fingerprint density at radius 3 is 3.09 bits per heavy atom. The highest BCUT2D eigenvalue weighted by Gasteiger charge is 2.23. The van der Waals surface area contributed by atoms with Crippen molar-refractivity contribution in [2.75, 3.05) is 6.61 Å². The minimum atomic E-state index is -0.0535. The van der Waals surface area contributed by atoms with Crippen LogP contribution in [0.1, 0.15) is 41.6 Å². The molecule has 2 atom stereocenters. The highest BCUT2D eigenvalue weighted by molar-refractivity contribution is 7.09. The Morgan fingerprint density at radius 1 is 1.55 bits per heavy atom. The van der Waals surface area contributed by atoms with Gasteiger partial charge in [0.05, 0.1) is 18.6 Å². The Balaban J connectivity index is 1.66. The summed E-state index contributed by atoms with van der Waals surface area (Å²) in [5, 5.41) is 10.3. The molecule has 0 aromatic carbocycles. The molecule has 1 aliphatic rings. The normalized spacial score (nSPS) is 19.2. The maximum Gasteiger partial charge on any atom is 0.223 e. The van der Waals surface area contributed by atoms with E-state index >= 15 is 0 Å². The summed E-state index contributed by atoms with van der Waals surface area (Å²) in [6.07, 6.45) is 3.36. The average molecular weight is 336 g/mol. The van der Waals surface area contributed by atoms with E-state index < -0.39 is 0 Å². The van der Waals surface area contributed by atoms with Gasteiger partial charge >= 0.3 is 0 Å². The molecule has 22 heavy (non-hydrogen) atoms.